The number of carbonyl (C=O) groups excluding carboxylic acids is 2. The monoisotopic (exact) mass is 430 g/mol. The van der Waals surface area contributed by atoms with Gasteiger partial charge in [0, 0.05) is 18.7 Å². The summed E-state index contributed by atoms with van der Waals surface area (Å²) in [5.41, 5.74) is 3.49. The topological polar surface area (TPSA) is 67.9 Å². The van der Waals surface area contributed by atoms with E-state index in [4.69, 9.17) is 9.47 Å². The molecule has 3 aromatic carbocycles. The van der Waals surface area contributed by atoms with Crippen molar-refractivity contribution in [1.82, 2.24) is 10.2 Å². The number of hydrogen-bond acceptors (Lipinski definition) is 4. The number of carbonyl (C=O) groups is 2. The lowest BCUT2D eigenvalue weighted by molar-refractivity contribution is -0.122. The first-order chi connectivity index (χ1) is 15.6. The first-order valence-electron chi connectivity index (χ1n) is 10.5. The summed E-state index contributed by atoms with van der Waals surface area (Å²) in [6.07, 6.45) is 0.141. The Labute approximate surface area is 187 Å². The molecule has 4 rings (SSSR count). The number of nitrogens with one attached hydrogen (secondary N) is 1. The normalized spacial score (nSPS) is 13.4. The van der Waals surface area contributed by atoms with Gasteiger partial charge in [0.2, 0.25) is 5.91 Å². The minimum atomic E-state index is -0.439. The molecule has 6 nitrogen and oxygen atoms in total. The van der Waals surface area contributed by atoms with Crippen molar-refractivity contribution in [1.29, 1.82) is 0 Å². The minimum Gasteiger partial charge on any atom is -0.493 e. The molecular weight excluding hydrogens is 404 g/mol. The van der Waals surface area contributed by atoms with E-state index >= 15 is 0 Å². The Morgan fingerprint density at radius 1 is 0.969 bits per heavy atom. The molecule has 0 saturated carbocycles. The molecule has 1 aliphatic heterocycles. The molecule has 0 fully saturated rings. The Bertz CT molecular complexity index is 1110. The fraction of sp³-hybridized carbons (Fsp3) is 0.231. The second-order valence-electron chi connectivity index (χ2n) is 7.69. The van der Waals surface area contributed by atoms with Crippen molar-refractivity contribution in [2.45, 2.75) is 25.6 Å². The summed E-state index contributed by atoms with van der Waals surface area (Å²) in [5.74, 6) is 0.956. The van der Waals surface area contributed by atoms with Gasteiger partial charge in [0.15, 0.2) is 11.5 Å². The molecule has 0 bridgehead atoms. The highest BCUT2D eigenvalue weighted by Crippen LogP contribution is 2.37. The van der Waals surface area contributed by atoms with Crippen molar-refractivity contribution in [2.75, 3.05) is 14.2 Å². The van der Waals surface area contributed by atoms with Crippen molar-refractivity contribution < 1.29 is 19.1 Å². The van der Waals surface area contributed by atoms with Gasteiger partial charge in [0.25, 0.3) is 5.91 Å². The van der Waals surface area contributed by atoms with E-state index in [1.165, 1.54) is 0 Å². The van der Waals surface area contributed by atoms with E-state index in [0.29, 0.717) is 30.2 Å². The van der Waals surface area contributed by atoms with Gasteiger partial charge in [-0.15, -0.1) is 0 Å². The van der Waals surface area contributed by atoms with Crippen LogP contribution in [0.3, 0.4) is 0 Å². The van der Waals surface area contributed by atoms with E-state index in [2.05, 4.69) is 5.32 Å². The molecule has 1 N–H and O–H groups in total. The Balaban J connectivity index is 1.60. The third kappa shape index (κ3) is 4.44. The fourth-order valence-corrected chi connectivity index (χ4v) is 4.04. The second kappa shape index (κ2) is 9.56. The molecular formula is C26H26N2O4. The zero-order valence-corrected chi connectivity index (χ0v) is 18.2. The first kappa shape index (κ1) is 21.4. The van der Waals surface area contributed by atoms with Gasteiger partial charge >= 0.3 is 0 Å². The summed E-state index contributed by atoms with van der Waals surface area (Å²) in [5, 5.41) is 2.98. The number of nitrogens with zero attached hydrogens (tertiary/aromatic N) is 1. The molecule has 32 heavy (non-hydrogen) atoms. The summed E-state index contributed by atoms with van der Waals surface area (Å²) in [4.78, 5) is 27.9. The smallest absolute Gasteiger partial charge is 0.255 e. The summed E-state index contributed by atoms with van der Waals surface area (Å²) in [6.45, 7) is 0.895. The van der Waals surface area contributed by atoms with Gasteiger partial charge in [-0.3, -0.25) is 9.59 Å². The SMILES string of the molecule is COc1ccc([C@H](CC(=O)NCc2ccccc2)N2Cc3ccccc3C2=O)cc1OC. The highest BCUT2D eigenvalue weighted by atomic mass is 16.5. The van der Waals surface area contributed by atoms with E-state index in [1.54, 1.807) is 25.2 Å². The van der Waals surface area contributed by atoms with Crippen molar-refractivity contribution in [3.05, 3.63) is 95.1 Å². The maximum atomic E-state index is 13.2. The number of amides is 2. The summed E-state index contributed by atoms with van der Waals surface area (Å²) in [7, 11) is 3.15. The number of ether oxygens (including phenoxy) is 2. The van der Waals surface area contributed by atoms with Crippen LogP contribution in [0.5, 0.6) is 11.5 Å². The number of hydrogen-bond donors (Lipinski definition) is 1. The van der Waals surface area contributed by atoms with E-state index in [-0.39, 0.29) is 18.2 Å². The van der Waals surface area contributed by atoms with Crippen LogP contribution < -0.4 is 14.8 Å². The fourth-order valence-electron chi connectivity index (χ4n) is 4.04. The third-order valence-electron chi connectivity index (χ3n) is 5.73. The van der Waals surface area contributed by atoms with Crippen LogP contribution in [0, 0.1) is 0 Å². The molecule has 2 amide bonds. The molecule has 1 aliphatic rings. The van der Waals surface area contributed by atoms with Crippen LogP contribution in [-0.2, 0) is 17.9 Å². The maximum Gasteiger partial charge on any atom is 0.255 e. The Morgan fingerprint density at radius 2 is 1.69 bits per heavy atom. The van der Waals surface area contributed by atoms with Gasteiger partial charge in [-0.2, -0.15) is 0 Å². The predicted octanol–water partition coefficient (Wildman–Crippen LogP) is 4.11. The molecule has 1 heterocycles. The van der Waals surface area contributed by atoms with Crippen LogP contribution >= 0.6 is 0 Å². The van der Waals surface area contributed by atoms with E-state index in [0.717, 1.165) is 16.7 Å². The number of methoxy groups -OCH3 is 2. The Hall–Kier alpha value is -3.80. The van der Waals surface area contributed by atoms with Crippen LogP contribution in [0.25, 0.3) is 0 Å². The molecule has 1 atom stereocenters. The third-order valence-corrected chi connectivity index (χ3v) is 5.73. The Kier molecular flexibility index (Phi) is 6.40. The van der Waals surface area contributed by atoms with Gasteiger partial charge in [-0.1, -0.05) is 54.6 Å². The second-order valence-corrected chi connectivity index (χ2v) is 7.69. The van der Waals surface area contributed by atoms with E-state index in [1.807, 2.05) is 66.7 Å². The zero-order valence-electron chi connectivity index (χ0n) is 18.2. The number of rotatable bonds is 8. The molecule has 0 radical (unpaired) electrons. The van der Waals surface area contributed by atoms with Crippen LogP contribution in [0.4, 0.5) is 0 Å². The molecule has 0 aliphatic carbocycles. The van der Waals surface area contributed by atoms with Gasteiger partial charge in [0.05, 0.1) is 26.7 Å². The zero-order chi connectivity index (χ0) is 22.5. The lowest BCUT2D eigenvalue weighted by Gasteiger charge is -2.28. The van der Waals surface area contributed by atoms with E-state index < -0.39 is 6.04 Å². The molecule has 6 heteroatoms. The van der Waals surface area contributed by atoms with Crippen LogP contribution in [0.2, 0.25) is 0 Å². The van der Waals surface area contributed by atoms with Crippen molar-refractivity contribution in [3.63, 3.8) is 0 Å². The standard InChI is InChI=1S/C26H26N2O4/c1-31-23-13-12-19(14-24(23)32-2)22(15-25(29)27-16-18-8-4-3-5-9-18)28-17-20-10-6-7-11-21(20)26(28)30/h3-14,22H,15-17H2,1-2H3,(H,27,29)/t22-/m0/s1. The summed E-state index contributed by atoms with van der Waals surface area (Å²) in [6, 6.07) is 22.4. The molecule has 0 unspecified atom stereocenters. The lowest BCUT2D eigenvalue weighted by Crippen LogP contribution is -2.34. The average Bonchev–Trinajstić information content (AvgIpc) is 3.17. The molecule has 0 spiro atoms. The maximum absolute atomic E-state index is 13.2. The van der Waals surface area contributed by atoms with Gasteiger partial charge < -0.3 is 19.7 Å². The number of benzene rings is 3. The molecule has 0 aromatic heterocycles. The minimum absolute atomic E-state index is 0.0729. The van der Waals surface area contributed by atoms with Crippen LogP contribution in [0.15, 0.2) is 72.8 Å². The van der Waals surface area contributed by atoms with Gasteiger partial charge in [-0.25, -0.2) is 0 Å². The van der Waals surface area contributed by atoms with Crippen molar-refractivity contribution >= 4 is 11.8 Å². The predicted molar refractivity (Wildman–Crippen MR) is 122 cm³/mol. The van der Waals surface area contributed by atoms with Gasteiger partial charge in [-0.05, 0) is 34.9 Å². The molecule has 164 valence electrons. The van der Waals surface area contributed by atoms with Crippen LogP contribution in [-0.4, -0.2) is 30.9 Å². The highest BCUT2D eigenvalue weighted by molar-refractivity contribution is 5.98. The van der Waals surface area contributed by atoms with Gasteiger partial charge in [0.1, 0.15) is 0 Å². The molecule has 3 aromatic rings. The number of fused-ring (bicyclic) bond motifs is 1. The lowest BCUT2D eigenvalue weighted by atomic mass is 10.0. The first-order valence-corrected chi connectivity index (χ1v) is 10.5. The van der Waals surface area contributed by atoms with Crippen molar-refractivity contribution in [2.24, 2.45) is 0 Å². The van der Waals surface area contributed by atoms with Crippen molar-refractivity contribution in [3.8, 4) is 11.5 Å². The summed E-state index contributed by atoms with van der Waals surface area (Å²) >= 11 is 0. The molecule has 0 saturated heterocycles. The largest absolute Gasteiger partial charge is 0.493 e. The summed E-state index contributed by atoms with van der Waals surface area (Å²) < 4.78 is 10.8. The Morgan fingerprint density at radius 3 is 2.41 bits per heavy atom. The van der Waals surface area contributed by atoms with E-state index in [9.17, 15) is 9.59 Å². The van der Waals surface area contributed by atoms with Crippen LogP contribution in [0.1, 0.15) is 39.5 Å². The average molecular weight is 431 g/mol. The highest BCUT2D eigenvalue weighted by Gasteiger charge is 2.34. The quantitative estimate of drug-likeness (QED) is 0.584.